The van der Waals surface area contributed by atoms with Gasteiger partial charge in [0.1, 0.15) is 11.6 Å². The van der Waals surface area contributed by atoms with Gasteiger partial charge in [-0.3, -0.25) is 4.79 Å². The van der Waals surface area contributed by atoms with E-state index < -0.39 is 0 Å². The zero-order chi connectivity index (χ0) is 17.5. The first-order valence-electron chi connectivity index (χ1n) is 7.52. The summed E-state index contributed by atoms with van der Waals surface area (Å²) in [4.78, 5) is 13.9. The molecule has 2 aromatic rings. The van der Waals surface area contributed by atoms with Gasteiger partial charge in [-0.15, -0.1) is 0 Å². The van der Waals surface area contributed by atoms with E-state index in [9.17, 15) is 9.18 Å². The van der Waals surface area contributed by atoms with Crippen LogP contribution in [0, 0.1) is 5.82 Å². The lowest BCUT2D eigenvalue weighted by Crippen LogP contribution is -2.36. The molecule has 6 heteroatoms. The number of likely N-dealkylation sites (N-methyl/N-ethyl adjacent to an activating group) is 1. The molecule has 0 aromatic heterocycles. The monoisotopic (exact) mass is 350 g/mol. The van der Waals surface area contributed by atoms with E-state index in [4.69, 9.17) is 16.3 Å². The van der Waals surface area contributed by atoms with Gasteiger partial charge in [-0.2, -0.15) is 0 Å². The first-order chi connectivity index (χ1) is 11.5. The van der Waals surface area contributed by atoms with Crippen LogP contribution < -0.4 is 10.1 Å². The zero-order valence-electron chi connectivity index (χ0n) is 13.6. The standard InChI is InChI=1S/C18H20ClFN2O2/c1-22(2)17(13-5-3-7-15(20)9-13)11-21-18(23)12-24-16-8-4-6-14(19)10-16/h3-10,17H,11-12H2,1-2H3,(H,21,23). The highest BCUT2D eigenvalue weighted by Crippen LogP contribution is 2.19. The second-order valence-electron chi connectivity index (χ2n) is 5.58. The molecule has 1 N–H and O–H groups in total. The summed E-state index contributed by atoms with van der Waals surface area (Å²) in [6, 6.07) is 13.1. The van der Waals surface area contributed by atoms with Crippen molar-refractivity contribution >= 4 is 17.5 Å². The normalized spacial score (nSPS) is 12.0. The van der Waals surface area contributed by atoms with Gasteiger partial charge in [0.25, 0.3) is 5.91 Å². The lowest BCUT2D eigenvalue weighted by atomic mass is 10.1. The molecule has 2 aromatic carbocycles. The molecule has 1 amide bonds. The van der Waals surface area contributed by atoms with Gasteiger partial charge in [-0.25, -0.2) is 4.39 Å². The van der Waals surface area contributed by atoms with E-state index in [1.807, 2.05) is 25.1 Å². The number of rotatable bonds is 7. The van der Waals surface area contributed by atoms with Crippen molar-refractivity contribution in [3.63, 3.8) is 0 Å². The van der Waals surface area contributed by atoms with Gasteiger partial charge in [-0.05, 0) is 50.0 Å². The molecule has 0 saturated carbocycles. The molecule has 2 rings (SSSR count). The molecule has 0 fully saturated rings. The number of hydrogen-bond donors (Lipinski definition) is 1. The Bertz CT molecular complexity index is 694. The highest BCUT2D eigenvalue weighted by Gasteiger charge is 2.16. The maximum Gasteiger partial charge on any atom is 0.258 e. The summed E-state index contributed by atoms with van der Waals surface area (Å²) in [6.45, 7) is 0.248. The summed E-state index contributed by atoms with van der Waals surface area (Å²) in [5, 5.41) is 3.35. The molecule has 0 heterocycles. The maximum atomic E-state index is 13.4. The predicted octanol–water partition coefficient (Wildman–Crippen LogP) is 3.28. The second kappa shape index (κ2) is 8.66. The van der Waals surface area contributed by atoms with Crippen molar-refractivity contribution in [1.29, 1.82) is 0 Å². The van der Waals surface area contributed by atoms with Crippen molar-refractivity contribution in [1.82, 2.24) is 10.2 Å². The summed E-state index contributed by atoms with van der Waals surface area (Å²) < 4.78 is 18.8. The van der Waals surface area contributed by atoms with Crippen LogP contribution in [0.15, 0.2) is 48.5 Å². The van der Waals surface area contributed by atoms with E-state index in [0.29, 0.717) is 17.3 Å². The van der Waals surface area contributed by atoms with Crippen molar-refractivity contribution < 1.29 is 13.9 Å². The largest absolute Gasteiger partial charge is 0.484 e. The Hall–Kier alpha value is -2.11. The number of carbonyl (C=O) groups excluding carboxylic acids is 1. The van der Waals surface area contributed by atoms with E-state index in [1.165, 1.54) is 12.1 Å². The van der Waals surface area contributed by atoms with Crippen LogP contribution >= 0.6 is 11.6 Å². The fourth-order valence-electron chi connectivity index (χ4n) is 2.28. The van der Waals surface area contributed by atoms with Crippen molar-refractivity contribution in [2.75, 3.05) is 27.2 Å². The zero-order valence-corrected chi connectivity index (χ0v) is 14.4. The van der Waals surface area contributed by atoms with E-state index in [2.05, 4.69) is 5.32 Å². The molecule has 4 nitrogen and oxygen atoms in total. The van der Waals surface area contributed by atoms with Crippen LogP contribution in [0.1, 0.15) is 11.6 Å². The van der Waals surface area contributed by atoms with Gasteiger partial charge in [0.2, 0.25) is 0 Å². The number of halogens is 2. The Morgan fingerprint density at radius 1 is 1.25 bits per heavy atom. The van der Waals surface area contributed by atoms with Crippen molar-refractivity contribution in [2.45, 2.75) is 6.04 Å². The summed E-state index contributed by atoms with van der Waals surface area (Å²) in [5.74, 6) is -0.0138. The minimum Gasteiger partial charge on any atom is -0.484 e. The number of carbonyl (C=O) groups is 1. The van der Waals surface area contributed by atoms with E-state index >= 15 is 0 Å². The molecule has 0 aliphatic rings. The average Bonchev–Trinajstić information content (AvgIpc) is 2.53. The molecule has 0 radical (unpaired) electrons. The Morgan fingerprint density at radius 2 is 2.00 bits per heavy atom. The Labute approximate surface area is 146 Å². The molecular weight excluding hydrogens is 331 g/mol. The topological polar surface area (TPSA) is 41.6 Å². The molecule has 1 atom stereocenters. The van der Waals surface area contributed by atoms with E-state index in [1.54, 1.807) is 30.3 Å². The van der Waals surface area contributed by atoms with Gasteiger partial charge >= 0.3 is 0 Å². The lowest BCUT2D eigenvalue weighted by molar-refractivity contribution is -0.123. The van der Waals surface area contributed by atoms with Crippen LogP contribution in [-0.4, -0.2) is 38.1 Å². The summed E-state index contributed by atoms with van der Waals surface area (Å²) >= 11 is 5.86. The van der Waals surface area contributed by atoms with Crippen LogP contribution in [-0.2, 0) is 4.79 Å². The molecular formula is C18H20ClFN2O2. The van der Waals surface area contributed by atoms with Crippen molar-refractivity contribution in [3.8, 4) is 5.75 Å². The molecule has 0 bridgehead atoms. The number of benzene rings is 2. The smallest absolute Gasteiger partial charge is 0.258 e. The number of nitrogens with one attached hydrogen (secondary N) is 1. The minimum atomic E-state index is -0.296. The molecule has 128 valence electrons. The lowest BCUT2D eigenvalue weighted by Gasteiger charge is -2.25. The Kier molecular flexibility index (Phi) is 6.58. The van der Waals surface area contributed by atoms with Gasteiger partial charge < -0.3 is 15.0 Å². The molecule has 0 aliphatic carbocycles. The third-order valence-electron chi connectivity index (χ3n) is 3.52. The van der Waals surface area contributed by atoms with Crippen LogP contribution in [0.5, 0.6) is 5.75 Å². The Morgan fingerprint density at radius 3 is 2.67 bits per heavy atom. The fraction of sp³-hybridized carbons (Fsp3) is 0.278. The van der Waals surface area contributed by atoms with Crippen LogP contribution in [0.25, 0.3) is 0 Å². The molecule has 1 unspecified atom stereocenters. The fourth-order valence-corrected chi connectivity index (χ4v) is 2.46. The molecule has 0 saturated heterocycles. The third kappa shape index (κ3) is 5.51. The average molecular weight is 351 g/mol. The number of amides is 1. The highest BCUT2D eigenvalue weighted by atomic mass is 35.5. The summed E-state index contributed by atoms with van der Waals surface area (Å²) in [7, 11) is 3.76. The molecule has 0 spiro atoms. The van der Waals surface area contributed by atoms with Crippen molar-refractivity contribution in [3.05, 3.63) is 64.9 Å². The van der Waals surface area contributed by atoms with Gasteiger partial charge in [0.05, 0.1) is 6.04 Å². The highest BCUT2D eigenvalue weighted by molar-refractivity contribution is 6.30. The second-order valence-corrected chi connectivity index (χ2v) is 6.02. The predicted molar refractivity (Wildman–Crippen MR) is 92.8 cm³/mol. The van der Waals surface area contributed by atoms with E-state index in [0.717, 1.165) is 5.56 Å². The molecule has 0 aliphatic heterocycles. The van der Waals surface area contributed by atoms with Crippen LogP contribution in [0.4, 0.5) is 4.39 Å². The number of nitrogens with zero attached hydrogens (tertiary/aromatic N) is 1. The molecule has 24 heavy (non-hydrogen) atoms. The minimum absolute atomic E-state index is 0.107. The van der Waals surface area contributed by atoms with Gasteiger partial charge in [0, 0.05) is 11.6 Å². The number of ether oxygens (including phenoxy) is 1. The quantitative estimate of drug-likeness (QED) is 0.833. The first kappa shape index (κ1) is 18.2. The summed E-state index contributed by atoms with van der Waals surface area (Å²) in [6.07, 6.45) is 0. The first-order valence-corrected chi connectivity index (χ1v) is 7.90. The van der Waals surface area contributed by atoms with E-state index in [-0.39, 0.29) is 24.4 Å². The van der Waals surface area contributed by atoms with Crippen LogP contribution in [0.2, 0.25) is 5.02 Å². The maximum absolute atomic E-state index is 13.4. The van der Waals surface area contributed by atoms with Crippen molar-refractivity contribution in [2.24, 2.45) is 0 Å². The summed E-state index contributed by atoms with van der Waals surface area (Å²) in [5.41, 5.74) is 0.802. The van der Waals surface area contributed by atoms with Gasteiger partial charge in [0.15, 0.2) is 6.61 Å². The Balaban J connectivity index is 1.88. The SMILES string of the molecule is CN(C)C(CNC(=O)COc1cccc(Cl)c1)c1cccc(F)c1. The van der Waals surface area contributed by atoms with Crippen LogP contribution in [0.3, 0.4) is 0 Å². The number of hydrogen-bond acceptors (Lipinski definition) is 3. The van der Waals surface area contributed by atoms with Gasteiger partial charge in [-0.1, -0.05) is 29.8 Å². The third-order valence-corrected chi connectivity index (χ3v) is 3.75.